The van der Waals surface area contributed by atoms with E-state index in [0.29, 0.717) is 6.54 Å². The first-order valence-electron chi connectivity index (χ1n) is 6.51. The number of nitrogens with two attached hydrogens (primary N) is 1. The number of fused-ring (bicyclic) bond motifs is 1. The summed E-state index contributed by atoms with van der Waals surface area (Å²) in [5, 5.41) is 13.4. The normalized spacial score (nSPS) is 12.9. The SMILES string of the molecule is Cn1cc(C(N)c2nc3ccccc3n2CCO)cn1. The van der Waals surface area contributed by atoms with Crippen LogP contribution in [0.1, 0.15) is 17.4 Å². The van der Waals surface area contributed by atoms with E-state index in [1.165, 1.54) is 0 Å². The van der Waals surface area contributed by atoms with E-state index in [9.17, 15) is 5.11 Å². The number of benzene rings is 1. The van der Waals surface area contributed by atoms with Gasteiger partial charge < -0.3 is 15.4 Å². The molecule has 2 aromatic heterocycles. The van der Waals surface area contributed by atoms with Crippen LogP contribution in [0.2, 0.25) is 0 Å². The summed E-state index contributed by atoms with van der Waals surface area (Å²) < 4.78 is 3.68. The minimum atomic E-state index is -0.359. The molecule has 0 fully saturated rings. The minimum absolute atomic E-state index is 0.0487. The summed E-state index contributed by atoms with van der Waals surface area (Å²) in [6.07, 6.45) is 3.63. The summed E-state index contributed by atoms with van der Waals surface area (Å²) in [5.41, 5.74) is 9.08. The molecule has 3 rings (SSSR count). The molecule has 0 saturated carbocycles. The van der Waals surface area contributed by atoms with Gasteiger partial charge in [-0.2, -0.15) is 5.10 Å². The number of rotatable bonds is 4. The van der Waals surface area contributed by atoms with Gasteiger partial charge in [0.05, 0.1) is 29.9 Å². The molecule has 0 aliphatic carbocycles. The highest BCUT2D eigenvalue weighted by Gasteiger charge is 2.19. The number of aryl methyl sites for hydroxylation is 1. The van der Waals surface area contributed by atoms with Gasteiger partial charge in [0, 0.05) is 25.4 Å². The number of aliphatic hydroxyl groups is 1. The summed E-state index contributed by atoms with van der Waals surface area (Å²) in [4.78, 5) is 4.61. The molecule has 0 saturated heterocycles. The average Bonchev–Trinajstić information content (AvgIpc) is 3.03. The van der Waals surface area contributed by atoms with Crippen LogP contribution in [0.25, 0.3) is 11.0 Å². The first-order chi connectivity index (χ1) is 9.70. The molecular weight excluding hydrogens is 254 g/mol. The molecule has 3 N–H and O–H groups in total. The lowest BCUT2D eigenvalue weighted by molar-refractivity contribution is 0.275. The van der Waals surface area contributed by atoms with Crippen LogP contribution >= 0.6 is 0 Å². The molecule has 6 heteroatoms. The van der Waals surface area contributed by atoms with Crippen LogP contribution in [-0.4, -0.2) is 31.0 Å². The second-order valence-electron chi connectivity index (χ2n) is 4.76. The van der Waals surface area contributed by atoms with Crippen molar-refractivity contribution >= 4 is 11.0 Å². The van der Waals surface area contributed by atoms with Gasteiger partial charge in [0.1, 0.15) is 5.82 Å². The molecule has 0 aliphatic rings. The minimum Gasteiger partial charge on any atom is -0.395 e. The molecule has 1 unspecified atom stereocenters. The van der Waals surface area contributed by atoms with Crippen molar-refractivity contribution in [1.82, 2.24) is 19.3 Å². The quantitative estimate of drug-likeness (QED) is 0.735. The Morgan fingerprint density at radius 1 is 1.35 bits per heavy atom. The van der Waals surface area contributed by atoms with E-state index < -0.39 is 0 Å². The summed E-state index contributed by atoms with van der Waals surface area (Å²) >= 11 is 0. The molecule has 20 heavy (non-hydrogen) atoms. The van der Waals surface area contributed by atoms with Crippen LogP contribution in [0.5, 0.6) is 0 Å². The number of imidazole rings is 1. The van der Waals surface area contributed by atoms with E-state index in [1.807, 2.05) is 42.1 Å². The number of hydrogen-bond acceptors (Lipinski definition) is 4. The van der Waals surface area contributed by atoms with E-state index in [2.05, 4.69) is 10.1 Å². The first-order valence-corrected chi connectivity index (χ1v) is 6.51. The third-order valence-corrected chi connectivity index (χ3v) is 3.37. The largest absolute Gasteiger partial charge is 0.395 e. The summed E-state index contributed by atoms with van der Waals surface area (Å²) in [6, 6.07) is 7.47. The molecule has 0 bridgehead atoms. The molecule has 3 aromatic rings. The zero-order valence-corrected chi connectivity index (χ0v) is 11.3. The van der Waals surface area contributed by atoms with Crippen molar-refractivity contribution in [3.63, 3.8) is 0 Å². The van der Waals surface area contributed by atoms with Gasteiger partial charge in [0.2, 0.25) is 0 Å². The molecule has 0 aliphatic heterocycles. The van der Waals surface area contributed by atoms with Crippen molar-refractivity contribution < 1.29 is 5.11 Å². The Labute approximate surface area is 116 Å². The van der Waals surface area contributed by atoms with Crippen molar-refractivity contribution in [2.75, 3.05) is 6.61 Å². The Morgan fingerprint density at radius 2 is 2.15 bits per heavy atom. The van der Waals surface area contributed by atoms with Crippen molar-refractivity contribution in [1.29, 1.82) is 0 Å². The maximum absolute atomic E-state index is 9.27. The van der Waals surface area contributed by atoms with E-state index in [0.717, 1.165) is 22.4 Å². The lowest BCUT2D eigenvalue weighted by Crippen LogP contribution is -2.18. The fraction of sp³-hybridized carbons (Fsp3) is 0.286. The van der Waals surface area contributed by atoms with E-state index in [4.69, 9.17) is 5.73 Å². The average molecular weight is 271 g/mol. The topological polar surface area (TPSA) is 81.9 Å². The highest BCUT2D eigenvalue weighted by atomic mass is 16.3. The Hall–Kier alpha value is -2.18. The molecule has 104 valence electrons. The lowest BCUT2D eigenvalue weighted by atomic mass is 10.1. The molecule has 6 nitrogen and oxygen atoms in total. The highest BCUT2D eigenvalue weighted by molar-refractivity contribution is 5.76. The number of aromatic nitrogens is 4. The van der Waals surface area contributed by atoms with Gasteiger partial charge in [-0.1, -0.05) is 12.1 Å². The predicted octanol–water partition coefficient (Wildman–Crippen LogP) is 0.810. The zero-order chi connectivity index (χ0) is 14.1. The van der Waals surface area contributed by atoms with Crippen molar-refractivity contribution in [3.8, 4) is 0 Å². The smallest absolute Gasteiger partial charge is 0.131 e. The van der Waals surface area contributed by atoms with Crippen LogP contribution in [-0.2, 0) is 13.6 Å². The van der Waals surface area contributed by atoms with Crippen LogP contribution in [0.3, 0.4) is 0 Å². The van der Waals surface area contributed by atoms with Gasteiger partial charge >= 0.3 is 0 Å². The van der Waals surface area contributed by atoms with Gasteiger partial charge in [-0.3, -0.25) is 4.68 Å². The van der Waals surface area contributed by atoms with Crippen LogP contribution < -0.4 is 5.73 Å². The number of hydrogen-bond donors (Lipinski definition) is 2. The standard InChI is InChI=1S/C14H17N5O/c1-18-9-10(8-16-18)13(15)14-17-11-4-2-3-5-12(11)19(14)6-7-20/h2-5,8-9,13,20H,6-7,15H2,1H3. The van der Waals surface area contributed by atoms with Crippen LogP contribution in [0, 0.1) is 0 Å². The predicted molar refractivity (Wildman–Crippen MR) is 76.1 cm³/mol. The Bertz CT molecular complexity index is 730. The van der Waals surface area contributed by atoms with E-state index in [1.54, 1.807) is 10.9 Å². The molecule has 2 heterocycles. The van der Waals surface area contributed by atoms with E-state index in [-0.39, 0.29) is 12.6 Å². The maximum Gasteiger partial charge on any atom is 0.131 e. The third-order valence-electron chi connectivity index (χ3n) is 3.37. The molecule has 0 spiro atoms. The van der Waals surface area contributed by atoms with Gasteiger partial charge in [-0.05, 0) is 12.1 Å². The number of nitrogens with zero attached hydrogens (tertiary/aromatic N) is 4. The molecular formula is C14H17N5O. The number of para-hydroxylation sites is 2. The number of aliphatic hydroxyl groups excluding tert-OH is 1. The summed E-state index contributed by atoms with van der Waals surface area (Å²) in [7, 11) is 1.85. The Balaban J connectivity index is 2.12. The van der Waals surface area contributed by atoms with E-state index >= 15 is 0 Å². The highest BCUT2D eigenvalue weighted by Crippen LogP contribution is 2.23. The Kier molecular flexibility index (Phi) is 3.25. The second-order valence-corrected chi connectivity index (χ2v) is 4.76. The zero-order valence-electron chi connectivity index (χ0n) is 11.3. The third kappa shape index (κ3) is 2.09. The van der Waals surface area contributed by atoms with Gasteiger partial charge in [-0.25, -0.2) is 4.98 Å². The van der Waals surface area contributed by atoms with Gasteiger partial charge in [-0.15, -0.1) is 0 Å². The van der Waals surface area contributed by atoms with Gasteiger partial charge in [0.15, 0.2) is 0 Å². The van der Waals surface area contributed by atoms with Crippen LogP contribution in [0.4, 0.5) is 0 Å². The maximum atomic E-state index is 9.27. The second kappa shape index (κ2) is 5.07. The van der Waals surface area contributed by atoms with Crippen molar-refractivity contribution in [3.05, 3.63) is 48.0 Å². The summed E-state index contributed by atoms with van der Waals surface area (Å²) in [6.45, 7) is 0.525. The summed E-state index contributed by atoms with van der Waals surface area (Å²) in [5.74, 6) is 0.744. The molecule has 0 amide bonds. The fourth-order valence-corrected chi connectivity index (χ4v) is 2.42. The van der Waals surface area contributed by atoms with Crippen molar-refractivity contribution in [2.24, 2.45) is 12.8 Å². The fourth-order valence-electron chi connectivity index (χ4n) is 2.42. The lowest BCUT2D eigenvalue weighted by Gasteiger charge is -2.12. The Morgan fingerprint density at radius 3 is 2.85 bits per heavy atom. The molecule has 1 aromatic carbocycles. The monoisotopic (exact) mass is 271 g/mol. The first kappa shape index (κ1) is 12.8. The van der Waals surface area contributed by atoms with Crippen molar-refractivity contribution in [2.45, 2.75) is 12.6 Å². The molecule has 0 radical (unpaired) electrons. The molecule has 1 atom stereocenters. The van der Waals surface area contributed by atoms with Gasteiger partial charge in [0.25, 0.3) is 0 Å². The van der Waals surface area contributed by atoms with Crippen LogP contribution in [0.15, 0.2) is 36.7 Å².